The molecule has 0 radical (unpaired) electrons. The molecule has 0 unspecified atom stereocenters. The molecule has 0 bridgehead atoms. The molecule has 0 saturated carbocycles. The van der Waals surface area contributed by atoms with Crippen molar-refractivity contribution in [2.75, 3.05) is 5.75 Å². The van der Waals surface area contributed by atoms with Crippen molar-refractivity contribution >= 4 is 28.6 Å². The number of carbonyl (C=O) groups excluding carboxylic acids is 1. The molecule has 0 aliphatic heterocycles. The van der Waals surface area contributed by atoms with E-state index in [1.165, 1.54) is 11.8 Å². The molecule has 0 saturated heterocycles. The van der Waals surface area contributed by atoms with Gasteiger partial charge in [-0.2, -0.15) is 0 Å². The van der Waals surface area contributed by atoms with Crippen LogP contribution in [0.4, 0.5) is 0 Å². The summed E-state index contributed by atoms with van der Waals surface area (Å²) in [7, 11) is 0. The Balaban J connectivity index is 2.12. The van der Waals surface area contributed by atoms with Crippen LogP contribution in [-0.2, 0) is 4.79 Å². The summed E-state index contributed by atoms with van der Waals surface area (Å²) >= 11 is 1.29. The minimum atomic E-state index is 0.131. The van der Waals surface area contributed by atoms with Gasteiger partial charge in [-0.3, -0.25) is 14.2 Å². The van der Waals surface area contributed by atoms with E-state index in [1.54, 1.807) is 25.5 Å². The van der Waals surface area contributed by atoms with Crippen LogP contribution in [0.2, 0.25) is 0 Å². The molecule has 0 atom stereocenters. The Morgan fingerprint density at radius 3 is 3.25 bits per heavy atom. The number of imidazole rings is 1. The summed E-state index contributed by atoms with van der Waals surface area (Å²) in [6.07, 6.45) is 11.0. The minimum absolute atomic E-state index is 0.131. The molecule has 0 spiro atoms. The van der Waals surface area contributed by atoms with Crippen molar-refractivity contribution in [2.24, 2.45) is 0 Å². The number of nitrogens with zero attached hydrogens (tertiary/aromatic N) is 3. The maximum atomic E-state index is 10.7. The molecule has 4 nitrogen and oxygen atoms in total. The Morgan fingerprint density at radius 2 is 2.44 bits per heavy atom. The lowest BCUT2D eigenvalue weighted by atomic mass is 10.4. The second-order valence-electron chi connectivity index (χ2n) is 3.19. The van der Waals surface area contributed by atoms with Crippen LogP contribution in [0.15, 0.2) is 30.9 Å². The fraction of sp³-hybridized carbons (Fsp3) is 0.182. The van der Waals surface area contributed by atoms with Crippen LogP contribution in [0.5, 0.6) is 0 Å². The number of rotatable bonds is 3. The van der Waals surface area contributed by atoms with Crippen molar-refractivity contribution < 1.29 is 4.79 Å². The highest BCUT2D eigenvalue weighted by molar-refractivity contribution is 8.13. The molecule has 0 amide bonds. The molecule has 2 aromatic rings. The van der Waals surface area contributed by atoms with Crippen molar-refractivity contribution in [3.63, 3.8) is 0 Å². The molecule has 16 heavy (non-hydrogen) atoms. The number of hydrogen-bond acceptors (Lipinski definition) is 4. The maximum Gasteiger partial charge on any atom is 0.186 e. The molecule has 0 aliphatic rings. The van der Waals surface area contributed by atoms with E-state index in [0.717, 1.165) is 11.3 Å². The highest BCUT2D eigenvalue weighted by Crippen LogP contribution is 2.08. The first kappa shape index (κ1) is 10.9. The quantitative estimate of drug-likeness (QED) is 0.813. The molecule has 0 fully saturated rings. The third kappa shape index (κ3) is 2.49. The minimum Gasteiger partial charge on any atom is -0.297 e. The van der Waals surface area contributed by atoms with Gasteiger partial charge in [0.2, 0.25) is 0 Å². The van der Waals surface area contributed by atoms with E-state index in [9.17, 15) is 4.79 Å². The van der Waals surface area contributed by atoms with Gasteiger partial charge in [-0.15, -0.1) is 0 Å². The van der Waals surface area contributed by atoms with E-state index in [0.29, 0.717) is 5.75 Å². The maximum absolute atomic E-state index is 10.7. The van der Waals surface area contributed by atoms with Crippen LogP contribution in [0.3, 0.4) is 0 Å². The lowest BCUT2D eigenvalue weighted by molar-refractivity contribution is -0.109. The summed E-state index contributed by atoms with van der Waals surface area (Å²) in [5.74, 6) is 0.688. The largest absolute Gasteiger partial charge is 0.297 e. The fourth-order valence-corrected chi connectivity index (χ4v) is 1.75. The van der Waals surface area contributed by atoms with Gasteiger partial charge in [0.25, 0.3) is 0 Å². The summed E-state index contributed by atoms with van der Waals surface area (Å²) in [5.41, 5.74) is 1.81. The summed E-state index contributed by atoms with van der Waals surface area (Å²) in [6, 6.07) is 0. The van der Waals surface area contributed by atoms with Crippen LogP contribution in [0.25, 0.3) is 11.7 Å². The highest BCUT2D eigenvalue weighted by atomic mass is 32.2. The van der Waals surface area contributed by atoms with Crippen LogP contribution in [-0.4, -0.2) is 25.2 Å². The van der Waals surface area contributed by atoms with Crippen LogP contribution in [0, 0.1) is 0 Å². The van der Waals surface area contributed by atoms with Gasteiger partial charge >= 0.3 is 0 Å². The van der Waals surface area contributed by atoms with Crippen LogP contribution < -0.4 is 0 Å². The second-order valence-corrected chi connectivity index (χ2v) is 4.39. The summed E-state index contributed by atoms with van der Waals surface area (Å²) < 4.78 is 1.95. The van der Waals surface area contributed by atoms with E-state index in [2.05, 4.69) is 9.97 Å². The first-order valence-electron chi connectivity index (χ1n) is 4.84. The van der Waals surface area contributed by atoms with E-state index < -0.39 is 0 Å². The van der Waals surface area contributed by atoms with E-state index in [1.807, 2.05) is 22.7 Å². The molecule has 2 rings (SSSR count). The predicted octanol–water partition coefficient (Wildman–Crippen LogP) is 2.02. The highest BCUT2D eigenvalue weighted by Gasteiger charge is 1.98. The molecule has 2 heterocycles. The van der Waals surface area contributed by atoms with Gasteiger partial charge in [0.1, 0.15) is 0 Å². The molecule has 0 aliphatic carbocycles. The standard InChI is InChI=1S/C11H11N3OS/c1-9(15)16-6-2-3-10-7-13-11-8-12-4-5-14(10)11/h2-5,7-8H,6H2,1H3. The molecule has 82 valence electrons. The molecule has 0 N–H and O–H groups in total. The molecular weight excluding hydrogens is 222 g/mol. The number of carbonyl (C=O) groups is 1. The van der Waals surface area contributed by atoms with E-state index >= 15 is 0 Å². The zero-order valence-electron chi connectivity index (χ0n) is 8.83. The molecule has 5 heteroatoms. The lowest BCUT2D eigenvalue weighted by Gasteiger charge is -1.94. The van der Waals surface area contributed by atoms with Gasteiger partial charge in [-0.25, -0.2) is 4.98 Å². The monoisotopic (exact) mass is 233 g/mol. The first-order valence-corrected chi connectivity index (χ1v) is 5.83. The SMILES string of the molecule is CC(=O)SCC=Cc1cnc2cnccn12. The second kappa shape index (κ2) is 4.94. The smallest absolute Gasteiger partial charge is 0.186 e. The van der Waals surface area contributed by atoms with Gasteiger partial charge in [0.05, 0.1) is 18.1 Å². The lowest BCUT2D eigenvalue weighted by Crippen LogP contribution is -1.87. The average Bonchev–Trinajstić information content (AvgIpc) is 2.68. The van der Waals surface area contributed by atoms with Crippen LogP contribution >= 0.6 is 11.8 Å². The predicted molar refractivity (Wildman–Crippen MR) is 65.2 cm³/mol. The van der Waals surface area contributed by atoms with Crippen molar-refractivity contribution in [2.45, 2.75) is 6.92 Å². The van der Waals surface area contributed by atoms with Crippen molar-refractivity contribution in [3.05, 3.63) is 36.6 Å². The van der Waals surface area contributed by atoms with Crippen LogP contribution in [0.1, 0.15) is 12.6 Å². The molecule has 0 aromatic carbocycles. The molecular formula is C11H11N3OS. The number of hydrogen-bond donors (Lipinski definition) is 0. The fourth-order valence-electron chi connectivity index (χ4n) is 1.32. The van der Waals surface area contributed by atoms with Gasteiger partial charge in [-0.05, 0) is 6.08 Å². The van der Waals surface area contributed by atoms with Gasteiger partial charge in [0, 0.05) is 25.1 Å². The topological polar surface area (TPSA) is 47.3 Å². The molecule has 2 aromatic heterocycles. The Hall–Kier alpha value is -1.62. The third-order valence-electron chi connectivity index (χ3n) is 2.02. The number of fused-ring (bicyclic) bond motifs is 1. The third-order valence-corrected chi connectivity index (χ3v) is 2.78. The van der Waals surface area contributed by atoms with Gasteiger partial charge < -0.3 is 0 Å². The first-order chi connectivity index (χ1) is 7.77. The normalized spacial score (nSPS) is 11.3. The van der Waals surface area contributed by atoms with Crippen molar-refractivity contribution in [1.29, 1.82) is 0 Å². The summed E-state index contributed by atoms with van der Waals surface area (Å²) in [6.45, 7) is 1.57. The van der Waals surface area contributed by atoms with E-state index in [4.69, 9.17) is 0 Å². The summed E-state index contributed by atoms with van der Waals surface area (Å²) in [4.78, 5) is 18.9. The number of aromatic nitrogens is 3. The zero-order valence-corrected chi connectivity index (χ0v) is 9.65. The summed E-state index contributed by atoms with van der Waals surface area (Å²) in [5, 5.41) is 0.131. The Labute approximate surface area is 97.4 Å². The zero-order chi connectivity index (χ0) is 11.4. The average molecular weight is 233 g/mol. The van der Waals surface area contributed by atoms with Gasteiger partial charge in [0.15, 0.2) is 10.8 Å². The Bertz CT molecular complexity index is 533. The van der Waals surface area contributed by atoms with Crippen molar-refractivity contribution in [1.82, 2.24) is 14.4 Å². The Morgan fingerprint density at radius 1 is 1.56 bits per heavy atom. The Kier molecular flexibility index (Phi) is 3.36. The number of thioether (sulfide) groups is 1. The van der Waals surface area contributed by atoms with Crippen molar-refractivity contribution in [3.8, 4) is 0 Å². The van der Waals surface area contributed by atoms with E-state index in [-0.39, 0.29) is 5.12 Å². The van der Waals surface area contributed by atoms with Gasteiger partial charge in [-0.1, -0.05) is 17.8 Å².